The summed E-state index contributed by atoms with van der Waals surface area (Å²) in [4.78, 5) is 10.3. The van der Waals surface area contributed by atoms with Crippen LogP contribution in [0, 0.1) is 13.7 Å². The fraction of sp³-hybridized carbons (Fsp3) is 0.250. The lowest BCUT2D eigenvalue weighted by molar-refractivity contribution is -0.384. The predicted molar refractivity (Wildman–Crippen MR) is 92.4 cm³/mol. The molecule has 2 aromatic rings. The van der Waals surface area contributed by atoms with Gasteiger partial charge in [0, 0.05) is 21.7 Å². The van der Waals surface area contributed by atoms with Crippen molar-refractivity contribution in [1.29, 1.82) is 0 Å². The number of non-ortho nitro benzene ring substituents is 1. The second-order valence-electron chi connectivity index (χ2n) is 4.76. The largest absolute Gasteiger partial charge is 0.310 e. The molecule has 0 saturated carbocycles. The van der Waals surface area contributed by atoms with E-state index in [9.17, 15) is 10.1 Å². The standard InChI is InChI=1S/C16H17IN2O2/c1-2-18-16(14-5-3-4-6-15(14)17)11-12-7-9-13(10-8-12)19(20)21/h3-10,16,18H,2,11H2,1H3. The molecule has 0 amide bonds. The molecule has 0 aliphatic heterocycles. The number of nitro groups is 1. The van der Waals surface area contributed by atoms with Crippen molar-refractivity contribution < 1.29 is 4.92 Å². The summed E-state index contributed by atoms with van der Waals surface area (Å²) in [5.41, 5.74) is 2.48. The van der Waals surface area contributed by atoms with Gasteiger partial charge in [0.2, 0.25) is 0 Å². The van der Waals surface area contributed by atoms with E-state index in [1.165, 1.54) is 9.13 Å². The Kier molecular flexibility index (Phi) is 5.69. The van der Waals surface area contributed by atoms with Crippen LogP contribution in [-0.2, 0) is 6.42 Å². The Morgan fingerprint density at radius 3 is 2.43 bits per heavy atom. The summed E-state index contributed by atoms with van der Waals surface area (Å²) in [6, 6.07) is 15.3. The van der Waals surface area contributed by atoms with E-state index in [1.807, 2.05) is 24.3 Å². The number of likely N-dealkylation sites (N-methyl/N-ethyl adjacent to an activating group) is 1. The molecule has 0 saturated heterocycles. The monoisotopic (exact) mass is 396 g/mol. The summed E-state index contributed by atoms with van der Waals surface area (Å²) in [6.07, 6.45) is 0.811. The van der Waals surface area contributed by atoms with Gasteiger partial charge in [0.25, 0.3) is 5.69 Å². The van der Waals surface area contributed by atoms with Gasteiger partial charge < -0.3 is 5.32 Å². The number of hydrogen-bond acceptors (Lipinski definition) is 3. The van der Waals surface area contributed by atoms with Gasteiger partial charge in [-0.1, -0.05) is 37.3 Å². The normalized spacial score (nSPS) is 12.1. The molecular weight excluding hydrogens is 379 g/mol. The van der Waals surface area contributed by atoms with Crippen LogP contribution in [0.3, 0.4) is 0 Å². The van der Waals surface area contributed by atoms with Crippen molar-refractivity contribution >= 4 is 28.3 Å². The number of benzene rings is 2. The highest BCUT2D eigenvalue weighted by atomic mass is 127. The first-order chi connectivity index (χ1) is 10.1. The molecule has 0 fully saturated rings. The van der Waals surface area contributed by atoms with Crippen LogP contribution in [0.1, 0.15) is 24.1 Å². The number of hydrogen-bond donors (Lipinski definition) is 1. The quantitative estimate of drug-likeness (QED) is 0.455. The molecular formula is C16H17IN2O2. The Morgan fingerprint density at radius 1 is 1.19 bits per heavy atom. The van der Waals surface area contributed by atoms with Crippen molar-refractivity contribution in [3.05, 3.63) is 73.3 Å². The average molecular weight is 396 g/mol. The number of nitrogens with one attached hydrogen (secondary N) is 1. The van der Waals surface area contributed by atoms with Crippen molar-refractivity contribution in [2.45, 2.75) is 19.4 Å². The van der Waals surface area contributed by atoms with E-state index in [0.29, 0.717) is 0 Å². The van der Waals surface area contributed by atoms with Crippen molar-refractivity contribution in [1.82, 2.24) is 5.32 Å². The van der Waals surface area contributed by atoms with E-state index in [2.05, 4.69) is 47.0 Å². The predicted octanol–water partition coefficient (Wildman–Crippen LogP) is 4.09. The van der Waals surface area contributed by atoms with Gasteiger partial charge in [-0.2, -0.15) is 0 Å². The van der Waals surface area contributed by atoms with Gasteiger partial charge in [-0.15, -0.1) is 0 Å². The maximum Gasteiger partial charge on any atom is 0.269 e. The third-order valence-corrected chi connectivity index (χ3v) is 4.30. The van der Waals surface area contributed by atoms with E-state index in [0.717, 1.165) is 18.5 Å². The Morgan fingerprint density at radius 2 is 1.86 bits per heavy atom. The van der Waals surface area contributed by atoms with Gasteiger partial charge in [0.1, 0.15) is 0 Å². The molecule has 2 aromatic carbocycles. The van der Waals surface area contributed by atoms with E-state index >= 15 is 0 Å². The molecule has 0 radical (unpaired) electrons. The van der Waals surface area contributed by atoms with Crippen molar-refractivity contribution in [3.63, 3.8) is 0 Å². The molecule has 21 heavy (non-hydrogen) atoms. The zero-order valence-electron chi connectivity index (χ0n) is 11.8. The number of nitrogens with zero attached hydrogens (tertiary/aromatic N) is 1. The zero-order valence-corrected chi connectivity index (χ0v) is 13.9. The molecule has 4 nitrogen and oxygen atoms in total. The molecule has 5 heteroatoms. The molecule has 1 unspecified atom stereocenters. The molecule has 0 aromatic heterocycles. The molecule has 0 heterocycles. The molecule has 0 aliphatic rings. The highest BCUT2D eigenvalue weighted by molar-refractivity contribution is 14.1. The van der Waals surface area contributed by atoms with Crippen LogP contribution in [-0.4, -0.2) is 11.5 Å². The maximum absolute atomic E-state index is 10.7. The van der Waals surface area contributed by atoms with Crippen LogP contribution in [0.5, 0.6) is 0 Å². The lowest BCUT2D eigenvalue weighted by Gasteiger charge is -2.20. The summed E-state index contributed by atoms with van der Waals surface area (Å²) in [5, 5.41) is 14.2. The molecule has 0 spiro atoms. The highest BCUT2D eigenvalue weighted by Gasteiger charge is 2.14. The molecule has 2 rings (SSSR count). The van der Waals surface area contributed by atoms with Gasteiger partial charge >= 0.3 is 0 Å². The first kappa shape index (κ1) is 15.9. The Hall–Kier alpha value is -1.47. The van der Waals surface area contributed by atoms with E-state index in [-0.39, 0.29) is 16.7 Å². The average Bonchev–Trinajstić information content (AvgIpc) is 2.48. The van der Waals surface area contributed by atoms with Crippen molar-refractivity contribution in [2.24, 2.45) is 0 Å². The SMILES string of the molecule is CCNC(Cc1ccc([N+](=O)[O-])cc1)c1ccccc1I. The zero-order chi connectivity index (χ0) is 15.2. The topological polar surface area (TPSA) is 55.2 Å². The number of rotatable bonds is 6. The van der Waals surface area contributed by atoms with Gasteiger partial charge in [-0.25, -0.2) is 0 Å². The summed E-state index contributed by atoms with van der Waals surface area (Å²) < 4.78 is 1.22. The Balaban J connectivity index is 2.20. The minimum Gasteiger partial charge on any atom is -0.310 e. The fourth-order valence-electron chi connectivity index (χ4n) is 2.29. The number of halogens is 1. The van der Waals surface area contributed by atoms with Crippen LogP contribution < -0.4 is 5.32 Å². The fourth-order valence-corrected chi connectivity index (χ4v) is 3.05. The first-order valence-electron chi connectivity index (χ1n) is 6.83. The molecule has 1 N–H and O–H groups in total. The Bertz CT molecular complexity index is 614. The smallest absolute Gasteiger partial charge is 0.269 e. The van der Waals surface area contributed by atoms with Gasteiger partial charge in [0.15, 0.2) is 0 Å². The molecule has 0 aliphatic carbocycles. The number of nitro benzene ring substituents is 1. The molecule has 110 valence electrons. The van der Waals surface area contributed by atoms with Crippen LogP contribution in [0.25, 0.3) is 0 Å². The minimum absolute atomic E-state index is 0.132. The highest BCUT2D eigenvalue weighted by Crippen LogP contribution is 2.24. The van der Waals surface area contributed by atoms with Crippen LogP contribution in [0.4, 0.5) is 5.69 Å². The van der Waals surface area contributed by atoms with Crippen LogP contribution >= 0.6 is 22.6 Å². The summed E-state index contributed by atoms with van der Waals surface area (Å²) >= 11 is 2.34. The summed E-state index contributed by atoms with van der Waals surface area (Å²) in [6.45, 7) is 2.96. The van der Waals surface area contributed by atoms with Crippen molar-refractivity contribution in [2.75, 3.05) is 6.54 Å². The lowest BCUT2D eigenvalue weighted by atomic mass is 9.98. The van der Waals surface area contributed by atoms with Gasteiger partial charge in [-0.05, 0) is 52.7 Å². The minimum atomic E-state index is -0.369. The third-order valence-electron chi connectivity index (χ3n) is 3.32. The van der Waals surface area contributed by atoms with E-state index < -0.39 is 0 Å². The van der Waals surface area contributed by atoms with Gasteiger partial charge in [0.05, 0.1) is 4.92 Å². The van der Waals surface area contributed by atoms with Crippen LogP contribution in [0.2, 0.25) is 0 Å². The van der Waals surface area contributed by atoms with E-state index in [4.69, 9.17) is 0 Å². The molecule has 1 atom stereocenters. The van der Waals surface area contributed by atoms with E-state index in [1.54, 1.807) is 12.1 Å². The lowest BCUT2D eigenvalue weighted by Crippen LogP contribution is -2.23. The van der Waals surface area contributed by atoms with Crippen molar-refractivity contribution in [3.8, 4) is 0 Å². The summed E-state index contributed by atoms with van der Waals surface area (Å²) in [7, 11) is 0. The molecule has 0 bridgehead atoms. The first-order valence-corrected chi connectivity index (χ1v) is 7.91. The third kappa shape index (κ3) is 4.25. The summed E-state index contributed by atoms with van der Waals surface area (Å²) in [5.74, 6) is 0. The second-order valence-corrected chi connectivity index (χ2v) is 5.92. The maximum atomic E-state index is 10.7. The van der Waals surface area contributed by atoms with Gasteiger partial charge in [-0.3, -0.25) is 10.1 Å². The second kappa shape index (κ2) is 7.51. The Labute approximate surface area is 137 Å². The van der Waals surface area contributed by atoms with Crippen LogP contribution in [0.15, 0.2) is 48.5 Å².